The van der Waals surface area contributed by atoms with Crippen LogP contribution in [0.1, 0.15) is 10.4 Å². The van der Waals surface area contributed by atoms with Crippen molar-refractivity contribution in [3.8, 4) is 0 Å². The van der Waals surface area contributed by atoms with Gasteiger partial charge in [0, 0.05) is 13.3 Å². The normalized spacial score (nSPS) is 11.9. The van der Waals surface area contributed by atoms with Gasteiger partial charge >= 0.3 is 5.97 Å². The van der Waals surface area contributed by atoms with Crippen LogP contribution in [0.25, 0.3) is 0 Å². The van der Waals surface area contributed by atoms with Crippen LogP contribution in [0.3, 0.4) is 0 Å². The molecule has 0 aliphatic carbocycles. The van der Waals surface area contributed by atoms with Crippen molar-refractivity contribution < 1.29 is 19.4 Å². The number of aromatic nitrogens is 1. The molecular weight excluding hydrogens is 226 g/mol. The van der Waals surface area contributed by atoms with E-state index < -0.39 is 17.9 Å². The minimum absolute atomic E-state index is 0.0110. The van der Waals surface area contributed by atoms with Crippen molar-refractivity contribution in [2.45, 2.75) is 6.04 Å². The van der Waals surface area contributed by atoms with Crippen LogP contribution in [0.15, 0.2) is 18.5 Å². The number of carboxylic acid groups (broad SMARTS) is 1. The maximum absolute atomic E-state index is 11.5. The second-order valence-electron chi connectivity index (χ2n) is 3.32. The molecule has 1 heterocycles. The summed E-state index contributed by atoms with van der Waals surface area (Å²) in [6.45, 7) is 0.0812. The van der Waals surface area contributed by atoms with Gasteiger partial charge in [-0.3, -0.25) is 9.78 Å². The number of amides is 1. The third-order valence-electron chi connectivity index (χ3n) is 1.94. The van der Waals surface area contributed by atoms with Crippen LogP contribution in [0.4, 0.5) is 5.69 Å². The zero-order chi connectivity index (χ0) is 12.8. The first-order chi connectivity index (χ1) is 8.04. The van der Waals surface area contributed by atoms with Crippen molar-refractivity contribution in [1.29, 1.82) is 0 Å². The number of hydrogen-bond acceptors (Lipinski definition) is 5. The van der Waals surface area contributed by atoms with Gasteiger partial charge in [0.15, 0.2) is 0 Å². The Hall–Kier alpha value is -1.99. The molecule has 4 N–H and O–H groups in total. The topological polar surface area (TPSA) is 115 Å². The SMILES string of the molecule is COCC(N)C(=O)Nc1cncc(C(=O)O)c1. The van der Waals surface area contributed by atoms with E-state index in [9.17, 15) is 9.59 Å². The fourth-order valence-electron chi connectivity index (χ4n) is 1.12. The zero-order valence-corrected chi connectivity index (χ0v) is 9.21. The average Bonchev–Trinajstić information content (AvgIpc) is 2.29. The van der Waals surface area contributed by atoms with Gasteiger partial charge in [0.2, 0.25) is 5.91 Å². The molecule has 0 radical (unpaired) electrons. The molecule has 0 saturated heterocycles. The third kappa shape index (κ3) is 3.82. The second kappa shape index (κ2) is 5.92. The van der Waals surface area contributed by atoms with Crippen LogP contribution in [0.2, 0.25) is 0 Å². The van der Waals surface area contributed by atoms with Crippen LogP contribution < -0.4 is 11.1 Å². The zero-order valence-electron chi connectivity index (χ0n) is 9.21. The van der Waals surface area contributed by atoms with Gasteiger partial charge in [-0.05, 0) is 6.07 Å². The Morgan fingerprint density at radius 2 is 2.29 bits per heavy atom. The van der Waals surface area contributed by atoms with E-state index >= 15 is 0 Å². The summed E-state index contributed by atoms with van der Waals surface area (Å²) >= 11 is 0. The van der Waals surface area contributed by atoms with E-state index in [1.807, 2.05) is 0 Å². The lowest BCUT2D eigenvalue weighted by Crippen LogP contribution is -2.39. The van der Waals surface area contributed by atoms with Crippen molar-refractivity contribution >= 4 is 17.6 Å². The molecule has 1 amide bonds. The molecule has 0 saturated carbocycles. The molecule has 0 bridgehead atoms. The summed E-state index contributed by atoms with van der Waals surface area (Å²) < 4.78 is 4.73. The fourth-order valence-corrected chi connectivity index (χ4v) is 1.12. The molecule has 0 fully saturated rings. The van der Waals surface area contributed by atoms with E-state index in [2.05, 4.69) is 10.3 Å². The first kappa shape index (κ1) is 13.1. The molecule has 1 rings (SSSR count). The Morgan fingerprint density at radius 1 is 1.59 bits per heavy atom. The molecule has 1 aromatic heterocycles. The summed E-state index contributed by atoms with van der Waals surface area (Å²) in [5.74, 6) is -1.58. The molecule has 1 unspecified atom stereocenters. The van der Waals surface area contributed by atoms with E-state index in [0.29, 0.717) is 0 Å². The summed E-state index contributed by atoms with van der Waals surface area (Å²) in [5, 5.41) is 11.2. The second-order valence-corrected chi connectivity index (χ2v) is 3.32. The molecule has 17 heavy (non-hydrogen) atoms. The Morgan fingerprint density at radius 3 is 2.88 bits per heavy atom. The van der Waals surface area contributed by atoms with Crippen molar-refractivity contribution in [2.75, 3.05) is 19.0 Å². The first-order valence-corrected chi connectivity index (χ1v) is 4.78. The van der Waals surface area contributed by atoms with Crippen LogP contribution in [0.5, 0.6) is 0 Å². The summed E-state index contributed by atoms with van der Waals surface area (Å²) in [7, 11) is 1.43. The largest absolute Gasteiger partial charge is 0.478 e. The van der Waals surface area contributed by atoms with Crippen LogP contribution >= 0.6 is 0 Å². The summed E-state index contributed by atoms with van der Waals surface area (Å²) in [6.07, 6.45) is 2.52. The first-order valence-electron chi connectivity index (χ1n) is 4.78. The number of nitrogens with two attached hydrogens (primary N) is 1. The molecule has 7 heteroatoms. The highest BCUT2D eigenvalue weighted by Crippen LogP contribution is 2.08. The number of anilines is 1. The predicted molar refractivity (Wildman–Crippen MR) is 59.7 cm³/mol. The quantitative estimate of drug-likeness (QED) is 0.649. The minimum Gasteiger partial charge on any atom is -0.478 e. The monoisotopic (exact) mass is 239 g/mol. The highest BCUT2D eigenvalue weighted by atomic mass is 16.5. The highest BCUT2D eigenvalue weighted by Gasteiger charge is 2.14. The Kier molecular flexibility index (Phi) is 4.56. The van der Waals surface area contributed by atoms with Gasteiger partial charge in [-0.15, -0.1) is 0 Å². The number of ether oxygens (including phenoxy) is 1. The Labute approximate surface area is 97.6 Å². The smallest absolute Gasteiger partial charge is 0.337 e. The summed E-state index contributed by atoms with van der Waals surface area (Å²) in [4.78, 5) is 25.9. The molecule has 1 atom stereocenters. The molecule has 0 aromatic carbocycles. The molecule has 1 aromatic rings. The van der Waals surface area contributed by atoms with E-state index in [1.54, 1.807) is 0 Å². The summed E-state index contributed by atoms with van der Waals surface area (Å²) in [5.41, 5.74) is 5.77. The standard InChI is InChI=1S/C10H13N3O4/c1-17-5-8(11)9(14)13-7-2-6(10(15)16)3-12-4-7/h2-4,8H,5,11H2,1H3,(H,13,14)(H,15,16). The number of methoxy groups -OCH3 is 1. The Bertz CT molecular complexity index is 422. The lowest BCUT2D eigenvalue weighted by atomic mass is 10.2. The fraction of sp³-hybridized carbons (Fsp3) is 0.300. The van der Waals surface area contributed by atoms with E-state index in [1.165, 1.54) is 25.6 Å². The van der Waals surface area contributed by atoms with Gasteiger partial charge in [0.25, 0.3) is 0 Å². The summed E-state index contributed by atoms with van der Waals surface area (Å²) in [6, 6.07) is 0.487. The van der Waals surface area contributed by atoms with Crippen molar-refractivity contribution in [2.24, 2.45) is 5.73 Å². The minimum atomic E-state index is -1.12. The predicted octanol–water partition coefficient (Wildman–Crippen LogP) is -0.308. The molecule has 0 spiro atoms. The average molecular weight is 239 g/mol. The lowest BCUT2D eigenvalue weighted by Gasteiger charge is -2.11. The van der Waals surface area contributed by atoms with E-state index in [0.717, 1.165) is 0 Å². The van der Waals surface area contributed by atoms with Crippen molar-refractivity contribution in [1.82, 2.24) is 4.98 Å². The number of nitrogens with one attached hydrogen (secondary N) is 1. The van der Waals surface area contributed by atoms with Crippen LogP contribution in [0, 0.1) is 0 Å². The van der Waals surface area contributed by atoms with E-state index in [-0.39, 0.29) is 17.9 Å². The molecule has 92 valence electrons. The van der Waals surface area contributed by atoms with Gasteiger partial charge < -0.3 is 20.9 Å². The molecule has 7 nitrogen and oxygen atoms in total. The van der Waals surface area contributed by atoms with Crippen molar-refractivity contribution in [3.05, 3.63) is 24.0 Å². The van der Waals surface area contributed by atoms with Crippen LogP contribution in [-0.2, 0) is 9.53 Å². The molecular formula is C10H13N3O4. The van der Waals surface area contributed by atoms with Gasteiger partial charge in [-0.1, -0.05) is 0 Å². The number of hydrogen-bond donors (Lipinski definition) is 3. The van der Waals surface area contributed by atoms with Gasteiger partial charge in [-0.25, -0.2) is 4.79 Å². The number of carboxylic acids is 1. The number of rotatable bonds is 5. The number of carbonyl (C=O) groups excluding carboxylic acids is 1. The van der Waals surface area contributed by atoms with Gasteiger partial charge in [0.1, 0.15) is 6.04 Å². The lowest BCUT2D eigenvalue weighted by molar-refractivity contribution is -0.118. The van der Waals surface area contributed by atoms with Gasteiger partial charge in [0.05, 0.1) is 24.1 Å². The van der Waals surface area contributed by atoms with Gasteiger partial charge in [-0.2, -0.15) is 0 Å². The maximum Gasteiger partial charge on any atom is 0.337 e. The number of carbonyl (C=O) groups is 2. The third-order valence-corrected chi connectivity index (χ3v) is 1.94. The van der Waals surface area contributed by atoms with E-state index in [4.69, 9.17) is 15.6 Å². The Balaban J connectivity index is 2.71. The number of pyridine rings is 1. The molecule has 0 aliphatic rings. The number of nitrogens with zero attached hydrogens (tertiary/aromatic N) is 1. The van der Waals surface area contributed by atoms with Crippen molar-refractivity contribution in [3.63, 3.8) is 0 Å². The molecule has 0 aliphatic heterocycles. The maximum atomic E-state index is 11.5. The van der Waals surface area contributed by atoms with Crippen LogP contribution in [-0.4, -0.2) is 41.7 Å². The highest BCUT2D eigenvalue weighted by molar-refractivity contribution is 5.96. The number of aromatic carboxylic acids is 1.